The van der Waals surface area contributed by atoms with Crippen LogP contribution in [0.5, 0.6) is 11.5 Å². The molecule has 1 aliphatic carbocycles. The fourth-order valence-electron chi connectivity index (χ4n) is 6.60. The Morgan fingerprint density at radius 2 is 1.49 bits per heavy atom. The summed E-state index contributed by atoms with van der Waals surface area (Å²) in [6.07, 6.45) is 6.07. The van der Waals surface area contributed by atoms with Gasteiger partial charge >= 0.3 is 0 Å². The van der Waals surface area contributed by atoms with Crippen molar-refractivity contribution in [1.82, 2.24) is 0 Å². The smallest absolute Gasteiger partial charge is 0.210 e. The number of fused-ring (bicyclic) bond motifs is 2. The van der Waals surface area contributed by atoms with Crippen LogP contribution >= 0.6 is 0 Å². The van der Waals surface area contributed by atoms with Gasteiger partial charge in [0.05, 0.1) is 37.9 Å². The molecule has 2 heterocycles. The Bertz CT molecular complexity index is 1540. The number of Topliss-reactive ketones (excluding diaryl/α,β-unsaturated/α-hetero) is 1. The molecule has 41 heavy (non-hydrogen) atoms. The quantitative estimate of drug-likeness (QED) is 0.247. The number of ether oxygens (including phenoxy) is 3. The average molecular weight is 556 g/mol. The number of ketones is 1. The lowest BCUT2D eigenvalue weighted by atomic mass is 9.77. The molecule has 0 bridgehead atoms. The maximum atomic E-state index is 13.9. The molecule has 6 heteroatoms. The second kappa shape index (κ2) is 10.6. The summed E-state index contributed by atoms with van der Waals surface area (Å²) < 4.78 is 19.3. The van der Waals surface area contributed by atoms with Gasteiger partial charge in [0.2, 0.25) is 11.5 Å². The van der Waals surface area contributed by atoms with Crippen molar-refractivity contribution in [2.45, 2.75) is 65.2 Å². The molecule has 0 N–H and O–H groups in total. The summed E-state index contributed by atoms with van der Waals surface area (Å²) in [6, 6.07) is 12.5. The molecule has 0 amide bonds. The molecule has 0 saturated heterocycles. The van der Waals surface area contributed by atoms with E-state index in [1.54, 1.807) is 21.3 Å². The first-order valence-corrected chi connectivity index (χ1v) is 14.6. The van der Waals surface area contributed by atoms with Crippen molar-refractivity contribution in [1.29, 1.82) is 0 Å². The minimum atomic E-state index is -0.300. The zero-order valence-corrected chi connectivity index (χ0v) is 26.0. The van der Waals surface area contributed by atoms with Crippen LogP contribution in [-0.4, -0.2) is 50.5 Å². The molecule has 2 aromatic carbocycles. The Hall–Kier alpha value is -3.80. The summed E-state index contributed by atoms with van der Waals surface area (Å²) in [7, 11) is 5.05. The monoisotopic (exact) mass is 555 g/mol. The normalized spacial score (nSPS) is 20.5. The van der Waals surface area contributed by atoms with Crippen LogP contribution in [0.4, 0.5) is 11.4 Å². The highest BCUT2D eigenvalue weighted by atomic mass is 16.5. The summed E-state index contributed by atoms with van der Waals surface area (Å²) in [5, 5.41) is 0. The highest BCUT2D eigenvalue weighted by Gasteiger charge is 2.47. The van der Waals surface area contributed by atoms with Crippen LogP contribution in [0, 0.1) is 0 Å². The summed E-state index contributed by atoms with van der Waals surface area (Å²) in [5.74, 6) is 2.34. The number of nitrogens with zero attached hydrogens (tertiary/aromatic N) is 2. The van der Waals surface area contributed by atoms with E-state index in [4.69, 9.17) is 14.2 Å². The van der Waals surface area contributed by atoms with E-state index in [1.807, 2.05) is 12.1 Å². The van der Waals surface area contributed by atoms with Crippen LogP contribution in [0.1, 0.15) is 65.5 Å². The van der Waals surface area contributed by atoms with Gasteiger partial charge in [-0.2, -0.15) is 4.58 Å². The van der Waals surface area contributed by atoms with Gasteiger partial charge in [-0.25, -0.2) is 0 Å². The van der Waals surface area contributed by atoms with E-state index in [1.165, 1.54) is 11.1 Å². The van der Waals surface area contributed by atoms with Gasteiger partial charge in [0.25, 0.3) is 0 Å². The zero-order chi connectivity index (χ0) is 29.7. The van der Waals surface area contributed by atoms with Gasteiger partial charge in [-0.15, -0.1) is 0 Å². The summed E-state index contributed by atoms with van der Waals surface area (Å²) in [5.41, 5.74) is 7.57. The molecule has 5 rings (SSSR count). The molecule has 6 nitrogen and oxygen atoms in total. The lowest BCUT2D eigenvalue weighted by Crippen LogP contribution is -2.32. The van der Waals surface area contributed by atoms with Crippen LogP contribution in [0.25, 0.3) is 0 Å². The number of rotatable bonds is 9. The fraction of sp³-hybridized carbons (Fsp3) is 0.429. The van der Waals surface area contributed by atoms with E-state index in [9.17, 15) is 4.79 Å². The minimum Gasteiger partial charge on any atom is -0.497 e. The SMILES string of the molecule is CCCN1/C(=C\C2=C(OC)C(=C\C3=[N+](CCC)c4ccc(OC)cc4C3(C)C)/C2=O)C(C)(C)c2cc(OC)ccc21. The standard InChI is InChI=1S/C35H43N2O4/c1-10-16-36-28-14-12-22(39-7)18-26(28)34(3,4)30(36)20-24-32(38)25(33(24)41-9)21-31-35(5,6)27-19-23(40-8)13-15-29(27)37(31)17-11-2/h12-15,18-21H,10-11,16-17H2,1-9H3/q+1. The number of allylic oxidation sites excluding steroid dienone is 5. The number of carbonyl (C=O) groups is 1. The first-order chi connectivity index (χ1) is 19.5. The van der Waals surface area contributed by atoms with E-state index in [2.05, 4.69) is 87.4 Å². The molecule has 0 aromatic heterocycles. The molecule has 0 atom stereocenters. The first-order valence-electron chi connectivity index (χ1n) is 14.6. The molecule has 2 aromatic rings. The van der Waals surface area contributed by atoms with Gasteiger partial charge in [-0.1, -0.05) is 27.7 Å². The van der Waals surface area contributed by atoms with Crippen molar-refractivity contribution in [3.8, 4) is 11.5 Å². The third kappa shape index (κ3) is 4.39. The molecular weight excluding hydrogens is 512 g/mol. The van der Waals surface area contributed by atoms with Crippen molar-refractivity contribution in [3.63, 3.8) is 0 Å². The zero-order valence-electron chi connectivity index (χ0n) is 26.0. The van der Waals surface area contributed by atoms with Crippen LogP contribution in [0.2, 0.25) is 0 Å². The number of hydrogen-bond donors (Lipinski definition) is 0. The summed E-state index contributed by atoms with van der Waals surface area (Å²) in [4.78, 5) is 16.2. The van der Waals surface area contributed by atoms with E-state index in [-0.39, 0.29) is 16.6 Å². The second-order valence-corrected chi connectivity index (χ2v) is 12.1. The molecular formula is C35H43N2O4+. The van der Waals surface area contributed by atoms with Gasteiger partial charge in [0.1, 0.15) is 23.8 Å². The Balaban J connectivity index is 1.61. The van der Waals surface area contributed by atoms with Crippen molar-refractivity contribution in [2.75, 3.05) is 39.3 Å². The molecule has 0 spiro atoms. The van der Waals surface area contributed by atoms with Gasteiger partial charge < -0.3 is 19.1 Å². The molecule has 0 unspecified atom stereocenters. The third-order valence-electron chi connectivity index (χ3n) is 8.84. The Morgan fingerprint density at radius 1 is 0.829 bits per heavy atom. The Morgan fingerprint density at radius 3 is 2.10 bits per heavy atom. The maximum absolute atomic E-state index is 13.9. The van der Waals surface area contributed by atoms with E-state index >= 15 is 0 Å². The molecule has 3 aliphatic rings. The molecule has 0 radical (unpaired) electrons. The van der Waals surface area contributed by atoms with Crippen molar-refractivity contribution < 1.29 is 23.6 Å². The Labute approximate surface area is 244 Å². The lowest BCUT2D eigenvalue weighted by Gasteiger charge is -2.30. The maximum Gasteiger partial charge on any atom is 0.210 e. The predicted octanol–water partition coefficient (Wildman–Crippen LogP) is 6.99. The number of benzene rings is 2. The van der Waals surface area contributed by atoms with E-state index in [0.717, 1.165) is 60.2 Å². The molecule has 2 aliphatic heterocycles. The van der Waals surface area contributed by atoms with Crippen molar-refractivity contribution >= 4 is 22.9 Å². The van der Waals surface area contributed by atoms with Gasteiger partial charge in [0, 0.05) is 47.5 Å². The van der Waals surface area contributed by atoms with Gasteiger partial charge in [-0.3, -0.25) is 4.79 Å². The summed E-state index contributed by atoms with van der Waals surface area (Å²) in [6.45, 7) is 14.9. The van der Waals surface area contributed by atoms with Crippen molar-refractivity contribution in [2.24, 2.45) is 0 Å². The molecule has 0 saturated carbocycles. The first kappa shape index (κ1) is 28.7. The minimum absolute atomic E-state index is 0.0171. The highest BCUT2D eigenvalue weighted by molar-refractivity contribution is 6.24. The number of methoxy groups -OCH3 is 3. The number of carbonyl (C=O) groups excluding carboxylic acids is 1. The third-order valence-corrected chi connectivity index (χ3v) is 8.84. The van der Waals surface area contributed by atoms with Crippen LogP contribution < -0.4 is 14.4 Å². The van der Waals surface area contributed by atoms with Crippen LogP contribution in [-0.2, 0) is 20.4 Å². The Kier molecular flexibility index (Phi) is 7.39. The van der Waals surface area contributed by atoms with Crippen LogP contribution in [0.15, 0.2) is 71.2 Å². The van der Waals surface area contributed by atoms with Gasteiger partial charge in [0.15, 0.2) is 5.71 Å². The number of anilines is 1. The van der Waals surface area contributed by atoms with Crippen molar-refractivity contribution in [3.05, 3.63) is 82.3 Å². The number of hydrogen-bond acceptors (Lipinski definition) is 5. The van der Waals surface area contributed by atoms with Gasteiger partial charge in [-0.05, 0) is 62.2 Å². The predicted molar refractivity (Wildman–Crippen MR) is 165 cm³/mol. The molecule has 0 fully saturated rings. The highest BCUT2D eigenvalue weighted by Crippen LogP contribution is 2.50. The average Bonchev–Trinajstić information content (AvgIpc) is 3.30. The largest absolute Gasteiger partial charge is 0.497 e. The van der Waals surface area contributed by atoms with Crippen LogP contribution in [0.3, 0.4) is 0 Å². The lowest BCUT2D eigenvalue weighted by molar-refractivity contribution is -0.437. The fourth-order valence-corrected chi connectivity index (χ4v) is 6.60. The topological polar surface area (TPSA) is 51.0 Å². The van der Waals surface area contributed by atoms with E-state index < -0.39 is 0 Å². The van der Waals surface area contributed by atoms with E-state index in [0.29, 0.717) is 16.9 Å². The summed E-state index contributed by atoms with van der Waals surface area (Å²) >= 11 is 0. The second-order valence-electron chi connectivity index (χ2n) is 12.1. The molecule has 216 valence electrons.